The molecular weight excluding hydrogens is 252 g/mol. The summed E-state index contributed by atoms with van der Waals surface area (Å²) >= 11 is 1.30. The van der Waals surface area contributed by atoms with Crippen LogP contribution in [0.4, 0.5) is 10.9 Å². The summed E-state index contributed by atoms with van der Waals surface area (Å²) in [6, 6.07) is 0. The lowest BCUT2D eigenvalue weighted by Crippen LogP contribution is -2.28. The molecule has 1 rings (SSSR count). The molecule has 0 aromatic carbocycles. The molecule has 0 fully saturated rings. The number of aliphatic hydroxyl groups is 1. The van der Waals surface area contributed by atoms with Crippen molar-refractivity contribution in [3.05, 3.63) is 4.88 Å². The third kappa shape index (κ3) is 3.33. The van der Waals surface area contributed by atoms with Crippen LogP contribution in [-0.4, -0.2) is 54.7 Å². The first kappa shape index (κ1) is 14.7. The van der Waals surface area contributed by atoms with E-state index in [1.165, 1.54) is 11.3 Å². The zero-order valence-electron chi connectivity index (χ0n) is 11.0. The summed E-state index contributed by atoms with van der Waals surface area (Å²) in [4.78, 5) is 20.3. The molecule has 1 amide bonds. The van der Waals surface area contributed by atoms with Crippen molar-refractivity contribution in [2.75, 3.05) is 44.4 Å². The lowest BCUT2D eigenvalue weighted by Gasteiger charge is -2.15. The minimum Gasteiger partial charge on any atom is -0.396 e. The lowest BCUT2D eigenvalue weighted by atomic mass is 10.3. The maximum absolute atomic E-state index is 12.1. The van der Waals surface area contributed by atoms with Crippen molar-refractivity contribution in [2.24, 2.45) is 0 Å². The number of aliphatic hydroxyl groups excluding tert-OH is 1. The molecule has 0 aliphatic carbocycles. The fourth-order valence-corrected chi connectivity index (χ4v) is 2.36. The molecule has 0 radical (unpaired) electrons. The molecule has 1 heterocycles. The summed E-state index contributed by atoms with van der Waals surface area (Å²) < 4.78 is 0. The Morgan fingerprint density at radius 2 is 2.17 bits per heavy atom. The number of carbonyl (C=O) groups is 1. The second-order valence-corrected chi connectivity index (χ2v) is 5.01. The zero-order chi connectivity index (χ0) is 13.7. The number of hydrogen-bond acceptors (Lipinski definition) is 6. The minimum atomic E-state index is -0.144. The third-order valence-electron chi connectivity index (χ3n) is 2.64. The molecule has 1 aromatic rings. The van der Waals surface area contributed by atoms with Gasteiger partial charge in [0.25, 0.3) is 5.91 Å². The largest absolute Gasteiger partial charge is 0.396 e. The van der Waals surface area contributed by atoms with Gasteiger partial charge >= 0.3 is 0 Å². The second kappa shape index (κ2) is 6.55. The molecule has 0 atom stereocenters. The number of anilines is 2. The van der Waals surface area contributed by atoms with E-state index >= 15 is 0 Å². The van der Waals surface area contributed by atoms with E-state index in [4.69, 9.17) is 10.8 Å². The molecule has 7 heteroatoms. The Hall–Kier alpha value is -1.34. The maximum Gasteiger partial charge on any atom is 0.267 e. The van der Waals surface area contributed by atoms with Crippen molar-refractivity contribution in [1.29, 1.82) is 0 Å². The van der Waals surface area contributed by atoms with Crippen LogP contribution in [0.5, 0.6) is 0 Å². The number of rotatable bonds is 6. The third-order valence-corrected chi connectivity index (χ3v) is 3.81. The SMILES string of the molecule is CCN(C)c1nc(N)c(C(=O)N(C)CCCO)s1. The molecule has 0 spiro atoms. The van der Waals surface area contributed by atoms with Crippen molar-refractivity contribution >= 4 is 28.2 Å². The number of hydrogen-bond donors (Lipinski definition) is 2. The number of nitrogens with two attached hydrogens (primary N) is 1. The highest BCUT2D eigenvalue weighted by atomic mass is 32.1. The van der Waals surface area contributed by atoms with E-state index in [1.54, 1.807) is 11.9 Å². The predicted octanol–water partition coefficient (Wildman–Crippen LogP) is 0.636. The van der Waals surface area contributed by atoms with E-state index in [1.807, 2.05) is 18.9 Å². The number of thiazole rings is 1. The van der Waals surface area contributed by atoms with E-state index in [0.29, 0.717) is 17.8 Å². The van der Waals surface area contributed by atoms with E-state index < -0.39 is 0 Å². The normalized spacial score (nSPS) is 10.4. The molecule has 1 aromatic heterocycles. The highest BCUT2D eigenvalue weighted by molar-refractivity contribution is 7.18. The monoisotopic (exact) mass is 272 g/mol. The topological polar surface area (TPSA) is 82.7 Å². The molecule has 0 aliphatic rings. The zero-order valence-corrected chi connectivity index (χ0v) is 11.8. The van der Waals surface area contributed by atoms with Crippen LogP contribution >= 0.6 is 11.3 Å². The summed E-state index contributed by atoms with van der Waals surface area (Å²) in [6.45, 7) is 3.39. The van der Waals surface area contributed by atoms with Crippen LogP contribution in [0.2, 0.25) is 0 Å². The smallest absolute Gasteiger partial charge is 0.267 e. The highest BCUT2D eigenvalue weighted by Gasteiger charge is 2.20. The average Bonchev–Trinajstić information content (AvgIpc) is 2.76. The lowest BCUT2D eigenvalue weighted by molar-refractivity contribution is 0.0792. The number of nitrogens with zero attached hydrogens (tertiary/aromatic N) is 3. The average molecular weight is 272 g/mol. The summed E-state index contributed by atoms with van der Waals surface area (Å²) in [5.74, 6) is 0.130. The van der Waals surface area contributed by atoms with Crippen LogP contribution in [0.25, 0.3) is 0 Å². The molecule has 102 valence electrons. The maximum atomic E-state index is 12.1. The standard InChI is InChI=1S/C11H20N4O2S/c1-4-14(2)11-13-9(12)8(18-11)10(17)15(3)6-5-7-16/h16H,4-7,12H2,1-3H3. The Balaban J connectivity index is 2.82. The van der Waals surface area contributed by atoms with Crippen LogP contribution in [0.1, 0.15) is 23.0 Å². The Labute approximate surface area is 111 Å². The van der Waals surface area contributed by atoms with Crippen LogP contribution in [0.3, 0.4) is 0 Å². The number of aromatic nitrogens is 1. The molecule has 0 saturated carbocycles. The van der Waals surface area contributed by atoms with E-state index in [0.717, 1.165) is 11.7 Å². The molecule has 0 bridgehead atoms. The van der Waals surface area contributed by atoms with Gasteiger partial charge in [0.05, 0.1) is 0 Å². The van der Waals surface area contributed by atoms with Crippen molar-refractivity contribution in [1.82, 2.24) is 9.88 Å². The van der Waals surface area contributed by atoms with Gasteiger partial charge < -0.3 is 20.6 Å². The van der Waals surface area contributed by atoms with Crippen LogP contribution in [-0.2, 0) is 0 Å². The Morgan fingerprint density at radius 1 is 1.50 bits per heavy atom. The van der Waals surface area contributed by atoms with Crippen molar-refractivity contribution < 1.29 is 9.90 Å². The van der Waals surface area contributed by atoms with Gasteiger partial charge in [-0.25, -0.2) is 4.98 Å². The summed E-state index contributed by atoms with van der Waals surface area (Å²) in [5.41, 5.74) is 5.78. The van der Waals surface area contributed by atoms with Crippen molar-refractivity contribution in [3.8, 4) is 0 Å². The van der Waals surface area contributed by atoms with Crippen LogP contribution < -0.4 is 10.6 Å². The number of amides is 1. The van der Waals surface area contributed by atoms with Crippen molar-refractivity contribution in [3.63, 3.8) is 0 Å². The molecule has 6 nitrogen and oxygen atoms in total. The van der Waals surface area contributed by atoms with Gasteiger partial charge in [-0.2, -0.15) is 0 Å². The first-order chi connectivity index (χ1) is 8.51. The predicted molar refractivity (Wildman–Crippen MR) is 74.1 cm³/mol. The highest BCUT2D eigenvalue weighted by Crippen LogP contribution is 2.28. The van der Waals surface area contributed by atoms with Crippen LogP contribution in [0, 0.1) is 0 Å². The first-order valence-corrected chi connectivity index (χ1v) is 6.66. The second-order valence-electron chi connectivity index (χ2n) is 4.03. The first-order valence-electron chi connectivity index (χ1n) is 5.85. The van der Waals surface area contributed by atoms with Gasteiger partial charge in [0.15, 0.2) is 5.13 Å². The molecular formula is C11H20N4O2S. The summed E-state index contributed by atoms with van der Waals surface area (Å²) in [5, 5.41) is 9.50. The molecule has 18 heavy (non-hydrogen) atoms. The Morgan fingerprint density at radius 3 is 2.72 bits per heavy atom. The minimum absolute atomic E-state index is 0.0691. The van der Waals surface area contributed by atoms with E-state index in [-0.39, 0.29) is 18.3 Å². The van der Waals surface area contributed by atoms with Gasteiger partial charge in [-0.3, -0.25) is 4.79 Å². The van der Waals surface area contributed by atoms with Gasteiger partial charge in [-0.1, -0.05) is 11.3 Å². The molecule has 0 unspecified atom stereocenters. The van der Waals surface area contributed by atoms with Gasteiger partial charge in [-0.15, -0.1) is 0 Å². The van der Waals surface area contributed by atoms with Gasteiger partial charge in [0, 0.05) is 33.8 Å². The molecule has 0 aliphatic heterocycles. The van der Waals surface area contributed by atoms with Gasteiger partial charge in [-0.05, 0) is 13.3 Å². The summed E-state index contributed by atoms with van der Waals surface area (Å²) in [6.07, 6.45) is 0.558. The van der Waals surface area contributed by atoms with Crippen molar-refractivity contribution in [2.45, 2.75) is 13.3 Å². The molecule has 3 N–H and O–H groups in total. The number of nitrogen functional groups attached to an aromatic ring is 1. The van der Waals surface area contributed by atoms with Gasteiger partial charge in [0.1, 0.15) is 10.7 Å². The fourth-order valence-electron chi connectivity index (χ4n) is 1.35. The number of carbonyl (C=O) groups excluding carboxylic acids is 1. The van der Waals surface area contributed by atoms with E-state index in [2.05, 4.69) is 4.98 Å². The summed E-state index contributed by atoms with van der Waals surface area (Å²) in [7, 11) is 3.60. The molecule has 0 saturated heterocycles. The van der Waals surface area contributed by atoms with E-state index in [9.17, 15) is 4.79 Å². The Bertz CT molecular complexity index is 408. The van der Waals surface area contributed by atoms with Crippen LogP contribution in [0.15, 0.2) is 0 Å². The Kier molecular flexibility index (Phi) is 5.36. The van der Waals surface area contributed by atoms with Gasteiger partial charge in [0.2, 0.25) is 0 Å². The quantitative estimate of drug-likeness (QED) is 0.794. The fraction of sp³-hybridized carbons (Fsp3) is 0.636.